The number of nitrogens with one attached hydrogen (secondary N) is 1. The molecular formula is C14H20N4O. The third-order valence-corrected chi connectivity index (χ3v) is 2.96. The number of nitrogens with zero attached hydrogens (tertiary/aromatic N) is 3. The second kappa shape index (κ2) is 6.22. The first-order valence-electron chi connectivity index (χ1n) is 6.50. The van der Waals surface area contributed by atoms with Gasteiger partial charge in [-0.2, -0.15) is 0 Å². The molecule has 0 atom stereocenters. The highest BCUT2D eigenvalue weighted by molar-refractivity contribution is 5.57. The van der Waals surface area contributed by atoms with Crippen LogP contribution in [0.15, 0.2) is 29.3 Å². The van der Waals surface area contributed by atoms with Crippen LogP contribution in [0, 0.1) is 6.92 Å². The highest BCUT2D eigenvalue weighted by atomic mass is 16.3. The third kappa shape index (κ3) is 3.24. The molecule has 0 aliphatic rings. The van der Waals surface area contributed by atoms with Crippen LogP contribution >= 0.6 is 0 Å². The summed E-state index contributed by atoms with van der Waals surface area (Å²) in [5, 5.41) is 3.32. The fourth-order valence-electron chi connectivity index (χ4n) is 1.98. The van der Waals surface area contributed by atoms with Crippen molar-refractivity contribution in [2.75, 3.05) is 23.8 Å². The van der Waals surface area contributed by atoms with Crippen LogP contribution in [0.1, 0.15) is 24.5 Å². The van der Waals surface area contributed by atoms with Crippen molar-refractivity contribution in [3.05, 3.63) is 36.0 Å². The van der Waals surface area contributed by atoms with Crippen LogP contribution in [0.25, 0.3) is 0 Å². The van der Waals surface area contributed by atoms with Gasteiger partial charge in [0.05, 0.1) is 12.5 Å². The number of rotatable bonds is 6. The van der Waals surface area contributed by atoms with Crippen molar-refractivity contribution < 1.29 is 4.42 Å². The summed E-state index contributed by atoms with van der Waals surface area (Å²) in [6.07, 6.45) is 6.11. The second-order valence-corrected chi connectivity index (χ2v) is 4.59. The zero-order valence-corrected chi connectivity index (χ0v) is 11.7. The van der Waals surface area contributed by atoms with Crippen molar-refractivity contribution in [3.63, 3.8) is 0 Å². The van der Waals surface area contributed by atoms with Gasteiger partial charge in [0.2, 0.25) is 0 Å². The van der Waals surface area contributed by atoms with Gasteiger partial charge in [-0.05, 0) is 19.4 Å². The maximum absolute atomic E-state index is 5.09. The minimum Gasteiger partial charge on any atom is -0.472 e. The van der Waals surface area contributed by atoms with Crippen LogP contribution < -0.4 is 10.2 Å². The van der Waals surface area contributed by atoms with E-state index in [1.807, 2.05) is 20.0 Å². The Balaban J connectivity index is 2.14. The van der Waals surface area contributed by atoms with Gasteiger partial charge in [-0.25, -0.2) is 9.97 Å². The topological polar surface area (TPSA) is 54.2 Å². The first-order chi connectivity index (χ1) is 9.22. The van der Waals surface area contributed by atoms with E-state index in [4.69, 9.17) is 4.42 Å². The SMILES string of the molecule is CCCNc1ncnc(N(C)Cc2ccoc2)c1C. The van der Waals surface area contributed by atoms with Crippen molar-refractivity contribution in [3.8, 4) is 0 Å². The van der Waals surface area contributed by atoms with Crippen molar-refractivity contribution in [2.24, 2.45) is 0 Å². The molecule has 0 saturated carbocycles. The summed E-state index contributed by atoms with van der Waals surface area (Å²) in [6.45, 7) is 5.86. The number of anilines is 2. The molecular weight excluding hydrogens is 240 g/mol. The fourth-order valence-corrected chi connectivity index (χ4v) is 1.98. The van der Waals surface area contributed by atoms with Crippen LogP contribution in [0.3, 0.4) is 0 Å². The van der Waals surface area contributed by atoms with Gasteiger partial charge in [0, 0.05) is 31.3 Å². The van der Waals surface area contributed by atoms with E-state index < -0.39 is 0 Å². The summed E-state index contributed by atoms with van der Waals surface area (Å²) in [6, 6.07) is 1.96. The van der Waals surface area contributed by atoms with Crippen LogP contribution in [-0.2, 0) is 6.54 Å². The Morgan fingerprint density at radius 2 is 2.21 bits per heavy atom. The van der Waals surface area contributed by atoms with Crippen LogP contribution in [0.2, 0.25) is 0 Å². The van der Waals surface area contributed by atoms with Gasteiger partial charge in [0.1, 0.15) is 18.0 Å². The molecule has 0 fully saturated rings. The lowest BCUT2D eigenvalue weighted by Crippen LogP contribution is -2.19. The van der Waals surface area contributed by atoms with Crippen LogP contribution in [0.4, 0.5) is 11.6 Å². The number of hydrogen-bond donors (Lipinski definition) is 1. The molecule has 0 amide bonds. The molecule has 2 aromatic rings. The Bertz CT molecular complexity index is 510. The van der Waals surface area contributed by atoms with Crippen LogP contribution in [0.5, 0.6) is 0 Å². The normalized spacial score (nSPS) is 10.5. The first-order valence-corrected chi connectivity index (χ1v) is 6.50. The Morgan fingerprint density at radius 3 is 2.89 bits per heavy atom. The lowest BCUT2D eigenvalue weighted by atomic mass is 10.2. The molecule has 5 heteroatoms. The maximum Gasteiger partial charge on any atom is 0.137 e. The minimum atomic E-state index is 0.765. The lowest BCUT2D eigenvalue weighted by Gasteiger charge is -2.20. The molecule has 0 aliphatic heterocycles. The standard InChI is InChI=1S/C14H20N4O/c1-4-6-15-13-11(2)14(17-10-16-13)18(3)8-12-5-7-19-9-12/h5,7,9-10H,4,6,8H2,1-3H3,(H,15,16,17). The van der Waals surface area contributed by atoms with Crippen LogP contribution in [-0.4, -0.2) is 23.6 Å². The van der Waals surface area contributed by atoms with Gasteiger partial charge >= 0.3 is 0 Å². The van der Waals surface area contributed by atoms with E-state index in [1.54, 1.807) is 18.9 Å². The molecule has 0 aromatic carbocycles. The molecule has 2 aromatic heterocycles. The summed E-state index contributed by atoms with van der Waals surface area (Å²) in [5.74, 6) is 1.85. The quantitative estimate of drug-likeness (QED) is 0.865. The van der Waals surface area contributed by atoms with Crippen molar-refractivity contribution in [1.29, 1.82) is 0 Å². The van der Waals surface area contributed by atoms with Gasteiger partial charge in [0.25, 0.3) is 0 Å². The average Bonchev–Trinajstić information content (AvgIpc) is 2.90. The summed E-state index contributed by atoms with van der Waals surface area (Å²) < 4.78 is 5.09. The van der Waals surface area contributed by atoms with E-state index >= 15 is 0 Å². The molecule has 2 rings (SSSR count). The van der Waals surface area contributed by atoms with Gasteiger partial charge < -0.3 is 14.6 Å². The van der Waals surface area contributed by atoms with Gasteiger partial charge in [0.15, 0.2) is 0 Å². The van der Waals surface area contributed by atoms with E-state index in [2.05, 4.69) is 27.1 Å². The molecule has 5 nitrogen and oxygen atoms in total. The molecule has 0 spiro atoms. The molecule has 0 unspecified atom stereocenters. The Morgan fingerprint density at radius 1 is 1.37 bits per heavy atom. The van der Waals surface area contributed by atoms with E-state index in [0.717, 1.165) is 42.3 Å². The maximum atomic E-state index is 5.09. The van der Waals surface area contributed by atoms with E-state index in [9.17, 15) is 0 Å². The Labute approximate surface area is 113 Å². The van der Waals surface area contributed by atoms with Crippen molar-refractivity contribution in [2.45, 2.75) is 26.8 Å². The number of hydrogen-bond acceptors (Lipinski definition) is 5. The monoisotopic (exact) mass is 260 g/mol. The molecule has 0 bridgehead atoms. The molecule has 19 heavy (non-hydrogen) atoms. The average molecular weight is 260 g/mol. The predicted octanol–water partition coefficient (Wildman–Crippen LogP) is 2.84. The van der Waals surface area contributed by atoms with Gasteiger partial charge in [-0.3, -0.25) is 0 Å². The summed E-state index contributed by atoms with van der Waals surface area (Å²) in [4.78, 5) is 10.8. The zero-order valence-electron chi connectivity index (χ0n) is 11.7. The third-order valence-electron chi connectivity index (χ3n) is 2.96. The number of aromatic nitrogens is 2. The Kier molecular flexibility index (Phi) is 4.39. The van der Waals surface area contributed by atoms with E-state index in [0.29, 0.717) is 0 Å². The summed E-state index contributed by atoms with van der Waals surface area (Å²) >= 11 is 0. The molecule has 0 radical (unpaired) electrons. The van der Waals surface area contributed by atoms with Gasteiger partial charge in [-0.15, -0.1) is 0 Å². The lowest BCUT2D eigenvalue weighted by molar-refractivity contribution is 0.563. The fraction of sp³-hybridized carbons (Fsp3) is 0.429. The van der Waals surface area contributed by atoms with Gasteiger partial charge in [-0.1, -0.05) is 6.92 Å². The largest absolute Gasteiger partial charge is 0.472 e. The summed E-state index contributed by atoms with van der Waals surface area (Å²) in [5.41, 5.74) is 2.20. The highest BCUT2D eigenvalue weighted by Crippen LogP contribution is 2.22. The van der Waals surface area contributed by atoms with Crippen molar-refractivity contribution in [1.82, 2.24) is 9.97 Å². The molecule has 1 N–H and O–H groups in total. The minimum absolute atomic E-state index is 0.765. The molecule has 2 heterocycles. The smallest absolute Gasteiger partial charge is 0.137 e. The summed E-state index contributed by atoms with van der Waals surface area (Å²) in [7, 11) is 2.02. The highest BCUT2D eigenvalue weighted by Gasteiger charge is 2.11. The Hall–Kier alpha value is -2.04. The van der Waals surface area contributed by atoms with E-state index in [1.165, 1.54) is 0 Å². The predicted molar refractivity (Wildman–Crippen MR) is 76.4 cm³/mol. The number of furan rings is 1. The zero-order chi connectivity index (χ0) is 13.7. The molecule has 102 valence electrons. The molecule has 0 saturated heterocycles. The molecule has 0 aliphatic carbocycles. The van der Waals surface area contributed by atoms with E-state index in [-0.39, 0.29) is 0 Å². The second-order valence-electron chi connectivity index (χ2n) is 4.59. The first kappa shape index (κ1) is 13.4. The van der Waals surface area contributed by atoms with Crippen molar-refractivity contribution >= 4 is 11.6 Å².